The maximum atomic E-state index is 13.7. The Labute approximate surface area is 130 Å². The van der Waals surface area contributed by atoms with Crippen molar-refractivity contribution in [2.24, 2.45) is 0 Å². The number of ether oxygens (including phenoxy) is 1. The first-order chi connectivity index (χ1) is 10.0. The van der Waals surface area contributed by atoms with Crippen molar-refractivity contribution in [1.29, 1.82) is 0 Å². The standard InChI is InChI=1S/C15H11Cl2F2NO/c16-9-1-2-14-8(3-9)4-11(21-14)7-20-15-12(17)5-10(18)6-13(15)19/h1-3,5-6,11,20H,4,7H2. The van der Waals surface area contributed by atoms with Crippen LogP contribution in [0.25, 0.3) is 0 Å². The average Bonchev–Trinajstić information content (AvgIpc) is 2.79. The molecular weight excluding hydrogens is 319 g/mol. The molecule has 2 aromatic rings. The molecular formula is C15H11Cl2F2NO. The van der Waals surface area contributed by atoms with E-state index >= 15 is 0 Å². The van der Waals surface area contributed by atoms with E-state index in [9.17, 15) is 8.78 Å². The molecule has 3 rings (SSSR count). The maximum absolute atomic E-state index is 13.7. The third-order valence-electron chi connectivity index (χ3n) is 3.28. The average molecular weight is 330 g/mol. The van der Waals surface area contributed by atoms with Crippen molar-refractivity contribution in [2.75, 3.05) is 11.9 Å². The number of fused-ring (bicyclic) bond motifs is 1. The molecule has 6 heteroatoms. The van der Waals surface area contributed by atoms with Gasteiger partial charge in [-0.25, -0.2) is 8.78 Å². The molecule has 0 fully saturated rings. The van der Waals surface area contributed by atoms with Crippen LogP contribution in [0.15, 0.2) is 30.3 Å². The van der Waals surface area contributed by atoms with Crippen molar-refractivity contribution in [3.8, 4) is 5.75 Å². The first kappa shape index (κ1) is 14.4. The summed E-state index contributed by atoms with van der Waals surface area (Å²) in [6, 6.07) is 7.27. The predicted octanol–water partition coefficient (Wildman–Crippen LogP) is 4.69. The largest absolute Gasteiger partial charge is 0.488 e. The quantitative estimate of drug-likeness (QED) is 0.882. The summed E-state index contributed by atoms with van der Waals surface area (Å²) < 4.78 is 32.4. The highest BCUT2D eigenvalue weighted by atomic mass is 35.5. The van der Waals surface area contributed by atoms with Crippen molar-refractivity contribution >= 4 is 28.9 Å². The van der Waals surface area contributed by atoms with E-state index in [0.29, 0.717) is 18.0 Å². The Morgan fingerprint density at radius 2 is 2.00 bits per heavy atom. The van der Waals surface area contributed by atoms with Gasteiger partial charge in [0.2, 0.25) is 0 Å². The fraction of sp³-hybridized carbons (Fsp3) is 0.200. The smallest absolute Gasteiger partial charge is 0.150 e. The van der Waals surface area contributed by atoms with Crippen LogP contribution in [0.3, 0.4) is 0 Å². The van der Waals surface area contributed by atoms with E-state index in [2.05, 4.69) is 5.32 Å². The molecule has 1 unspecified atom stereocenters. The van der Waals surface area contributed by atoms with Crippen LogP contribution < -0.4 is 10.1 Å². The zero-order chi connectivity index (χ0) is 15.0. The van der Waals surface area contributed by atoms with Gasteiger partial charge in [-0.3, -0.25) is 0 Å². The molecule has 0 radical (unpaired) electrons. The molecule has 0 bridgehead atoms. The van der Waals surface area contributed by atoms with Crippen LogP contribution >= 0.6 is 23.2 Å². The van der Waals surface area contributed by atoms with Gasteiger partial charge in [-0.05, 0) is 29.8 Å². The molecule has 0 spiro atoms. The SMILES string of the molecule is Fc1cc(F)c(NCC2Cc3cc(Cl)ccc3O2)c(Cl)c1. The van der Waals surface area contributed by atoms with Crippen LogP contribution in [0.1, 0.15) is 5.56 Å². The summed E-state index contributed by atoms with van der Waals surface area (Å²) in [5.41, 5.74) is 1.09. The Balaban J connectivity index is 1.68. The fourth-order valence-corrected chi connectivity index (χ4v) is 2.79. The zero-order valence-electron chi connectivity index (χ0n) is 10.8. The Hall–Kier alpha value is -1.52. The molecule has 0 saturated heterocycles. The minimum atomic E-state index is -0.724. The Bertz CT molecular complexity index is 670. The Kier molecular flexibility index (Phi) is 3.91. The van der Waals surface area contributed by atoms with Crippen LogP contribution in [-0.4, -0.2) is 12.6 Å². The summed E-state index contributed by atoms with van der Waals surface area (Å²) in [6.45, 7) is 0.356. The molecule has 0 aromatic heterocycles. The van der Waals surface area contributed by atoms with E-state index in [0.717, 1.165) is 23.4 Å². The number of nitrogens with one attached hydrogen (secondary N) is 1. The Morgan fingerprint density at radius 3 is 2.76 bits per heavy atom. The van der Waals surface area contributed by atoms with Gasteiger partial charge >= 0.3 is 0 Å². The predicted molar refractivity (Wildman–Crippen MR) is 79.4 cm³/mol. The molecule has 1 N–H and O–H groups in total. The lowest BCUT2D eigenvalue weighted by Gasteiger charge is -2.14. The third-order valence-corrected chi connectivity index (χ3v) is 3.81. The van der Waals surface area contributed by atoms with Gasteiger partial charge in [0.15, 0.2) is 5.82 Å². The number of halogens is 4. The molecule has 2 nitrogen and oxygen atoms in total. The van der Waals surface area contributed by atoms with Crippen LogP contribution in [0.4, 0.5) is 14.5 Å². The number of hydrogen-bond acceptors (Lipinski definition) is 2. The van der Waals surface area contributed by atoms with Crippen molar-refractivity contribution in [1.82, 2.24) is 0 Å². The summed E-state index contributed by atoms with van der Waals surface area (Å²) >= 11 is 11.8. The van der Waals surface area contributed by atoms with Crippen molar-refractivity contribution in [3.63, 3.8) is 0 Å². The molecule has 1 heterocycles. The molecule has 110 valence electrons. The van der Waals surface area contributed by atoms with Crippen molar-refractivity contribution < 1.29 is 13.5 Å². The minimum Gasteiger partial charge on any atom is -0.488 e. The van der Waals surface area contributed by atoms with Crippen LogP contribution in [0.2, 0.25) is 10.0 Å². The first-order valence-corrected chi connectivity index (χ1v) is 7.12. The number of benzene rings is 2. The van der Waals surface area contributed by atoms with Gasteiger partial charge in [-0.2, -0.15) is 0 Å². The second-order valence-corrected chi connectivity index (χ2v) is 5.67. The summed E-state index contributed by atoms with van der Waals surface area (Å²) in [7, 11) is 0. The summed E-state index contributed by atoms with van der Waals surface area (Å²) in [4.78, 5) is 0. The lowest BCUT2D eigenvalue weighted by Crippen LogP contribution is -2.24. The molecule has 0 saturated carbocycles. The zero-order valence-corrected chi connectivity index (χ0v) is 12.3. The number of rotatable bonds is 3. The van der Waals surface area contributed by atoms with Gasteiger partial charge < -0.3 is 10.1 Å². The van der Waals surface area contributed by atoms with Gasteiger partial charge in [0.25, 0.3) is 0 Å². The van der Waals surface area contributed by atoms with Gasteiger partial charge in [0.05, 0.1) is 17.3 Å². The van der Waals surface area contributed by atoms with E-state index in [1.54, 1.807) is 6.07 Å². The highest BCUT2D eigenvalue weighted by Gasteiger charge is 2.23. The third kappa shape index (κ3) is 3.06. The fourth-order valence-electron chi connectivity index (χ4n) is 2.33. The van der Waals surface area contributed by atoms with E-state index in [-0.39, 0.29) is 16.8 Å². The van der Waals surface area contributed by atoms with Gasteiger partial charge in [0, 0.05) is 17.5 Å². The Morgan fingerprint density at radius 1 is 1.19 bits per heavy atom. The lowest BCUT2D eigenvalue weighted by atomic mass is 10.1. The highest BCUT2D eigenvalue weighted by molar-refractivity contribution is 6.33. The minimum absolute atomic E-state index is 0.00561. The van der Waals surface area contributed by atoms with E-state index in [4.69, 9.17) is 27.9 Å². The summed E-state index contributed by atoms with van der Waals surface area (Å²) in [5, 5.41) is 3.53. The monoisotopic (exact) mass is 329 g/mol. The molecule has 2 aromatic carbocycles. The molecule has 0 amide bonds. The number of anilines is 1. The highest BCUT2D eigenvalue weighted by Crippen LogP contribution is 2.32. The summed E-state index contributed by atoms with van der Waals surface area (Å²) in [5.74, 6) is -0.655. The van der Waals surface area contributed by atoms with Crippen molar-refractivity contribution in [3.05, 3.63) is 57.6 Å². The van der Waals surface area contributed by atoms with Crippen LogP contribution in [0.5, 0.6) is 5.75 Å². The lowest BCUT2D eigenvalue weighted by molar-refractivity contribution is 0.246. The topological polar surface area (TPSA) is 21.3 Å². The number of hydrogen-bond donors (Lipinski definition) is 1. The molecule has 1 aliphatic heterocycles. The van der Waals surface area contributed by atoms with E-state index in [1.165, 1.54) is 0 Å². The van der Waals surface area contributed by atoms with Crippen LogP contribution in [0, 0.1) is 11.6 Å². The molecule has 1 aliphatic rings. The van der Waals surface area contributed by atoms with Crippen molar-refractivity contribution in [2.45, 2.75) is 12.5 Å². The first-order valence-electron chi connectivity index (χ1n) is 6.36. The van der Waals surface area contributed by atoms with Gasteiger partial charge in [0.1, 0.15) is 17.7 Å². The second kappa shape index (κ2) is 5.70. The van der Waals surface area contributed by atoms with Crippen LogP contribution in [-0.2, 0) is 6.42 Å². The van der Waals surface area contributed by atoms with E-state index < -0.39 is 11.6 Å². The van der Waals surface area contributed by atoms with E-state index in [1.807, 2.05) is 12.1 Å². The maximum Gasteiger partial charge on any atom is 0.150 e. The second-order valence-electron chi connectivity index (χ2n) is 4.82. The summed E-state index contributed by atoms with van der Waals surface area (Å²) in [6.07, 6.45) is 0.516. The normalized spacial score (nSPS) is 16.5. The molecule has 21 heavy (non-hydrogen) atoms. The molecule has 1 atom stereocenters. The molecule has 0 aliphatic carbocycles. The van der Waals surface area contributed by atoms with Gasteiger partial charge in [-0.15, -0.1) is 0 Å². The van der Waals surface area contributed by atoms with Gasteiger partial charge in [-0.1, -0.05) is 23.2 Å².